The molecule has 3 aromatic rings. The third-order valence-electron chi connectivity index (χ3n) is 7.95. The summed E-state index contributed by atoms with van der Waals surface area (Å²) in [4.78, 5) is 43.6. The number of piperazine rings is 1. The summed E-state index contributed by atoms with van der Waals surface area (Å²) in [6.45, 7) is 7.01. The summed E-state index contributed by atoms with van der Waals surface area (Å²) in [6, 6.07) is 20.0. The monoisotopic (exact) mass is 594 g/mol. The number of hydrogen-bond donors (Lipinski definition) is 2. The Hall–Kier alpha value is -3.39. The fraction of sp³-hybridized carbons (Fsp3) is 0.344. The van der Waals surface area contributed by atoms with Crippen molar-refractivity contribution in [3.05, 3.63) is 94.0 Å². The largest absolute Gasteiger partial charge is 0.340 e. The van der Waals surface area contributed by atoms with Crippen molar-refractivity contribution in [2.24, 2.45) is 0 Å². The van der Waals surface area contributed by atoms with E-state index >= 15 is 0 Å². The van der Waals surface area contributed by atoms with Crippen LogP contribution in [0.5, 0.6) is 0 Å². The molecule has 2 N–H and O–H groups in total. The number of halogens is 2. The molecule has 0 aliphatic carbocycles. The van der Waals surface area contributed by atoms with Crippen LogP contribution in [-0.4, -0.2) is 54.8 Å². The standard InChI is InChI=1S/C32H35ClN4O3.ClH/c1-21-5-3-4-6-27(21)31(39)35-26-12-9-23(10-13-26)32(40)37-22(2)7-8-24(28-20-25(33)11-14-29(28)37)19-30(38)36-17-15-34-16-18-36;/h3-6,9-14,20,22,24,34H,7-8,15-19H2,1-2H3,(H,35,39);1H. The Morgan fingerprint density at radius 2 is 1.68 bits per heavy atom. The van der Waals surface area contributed by atoms with Crippen LogP contribution in [0.1, 0.15) is 63.9 Å². The molecule has 5 rings (SSSR count). The maximum Gasteiger partial charge on any atom is 0.258 e. The Morgan fingerprint density at radius 1 is 0.976 bits per heavy atom. The highest BCUT2D eigenvalue weighted by molar-refractivity contribution is 6.30. The summed E-state index contributed by atoms with van der Waals surface area (Å²) < 4.78 is 0. The van der Waals surface area contributed by atoms with Crippen LogP contribution in [-0.2, 0) is 4.79 Å². The predicted molar refractivity (Wildman–Crippen MR) is 167 cm³/mol. The van der Waals surface area contributed by atoms with Crippen LogP contribution >= 0.6 is 24.0 Å². The summed E-state index contributed by atoms with van der Waals surface area (Å²) in [5, 5.41) is 6.80. The van der Waals surface area contributed by atoms with Crippen LogP contribution in [0.3, 0.4) is 0 Å². The molecule has 0 saturated carbocycles. The predicted octanol–water partition coefficient (Wildman–Crippen LogP) is 6.06. The number of carbonyl (C=O) groups is 3. The molecule has 0 aromatic heterocycles. The fourth-order valence-corrected chi connectivity index (χ4v) is 5.85. The molecule has 3 amide bonds. The summed E-state index contributed by atoms with van der Waals surface area (Å²) in [7, 11) is 0. The lowest BCUT2D eigenvalue weighted by molar-refractivity contribution is -0.132. The lowest BCUT2D eigenvalue weighted by atomic mass is 9.90. The second-order valence-electron chi connectivity index (χ2n) is 10.7. The highest BCUT2D eigenvalue weighted by atomic mass is 35.5. The van der Waals surface area contributed by atoms with Gasteiger partial charge < -0.3 is 20.4 Å². The van der Waals surface area contributed by atoms with E-state index in [4.69, 9.17) is 11.6 Å². The van der Waals surface area contributed by atoms with Crippen molar-refractivity contribution < 1.29 is 14.4 Å². The van der Waals surface area contributed by atoms with Crippen molar-refractivity contribution in [3.63, 3.8) is 0 Å². The third-order valence-corrected chi connectivity index (χ3v) is 8.19. The first-order chi connectivity index (χ1) is 19.3. The number of nitrogens with zero attached hydrogens (tertiary/aromatic N) is 2. The molecule has 41 heavy (non-hydrogen) atoms. The van der Waals surface area contributed by atoms with Gasteiger partial charge in [0.2, 0.25) is 5.91 Å². The number of fused-ring (bicyclic) bond motifs is 1. The minimum Gasteiger partial charge on any atom is -0.340 e. The van der Waals surface area contributed by atoms with Crippen molar-refractivity contribution in [1.29, 1.82) is 0 Å². The zero-order chi connectivity index (χ0) is 28.2. The number of rotatable bonds is 5. The van der Waals surface area contributed by atoms with Crippen molar-refractivity contribution in [1.82, 2.24) is 10.2 Å². The average Bonchev–Trinajstić information content (AvgIpc) is 3.09. The van der Waals surface area contributed by atoms with Crippen molar-refractivity contribution in [2.75, 3.05) is 36.4 Å². The smallest absolute Gasteiger partial charge is 0.258 e. The minimum absolute atomic E-state index is 0. The molecule has 2 atom stereocenters. The summed E-state index contributed by atoms with van der Waals surface area (Å²) in [5.41, 5.74) is 4.39. The Labute approximate surface area is 252 Å². The Bertz CT molecular complexity index is 1410. The van der Waals surface area contributed by atoms with Crippen molar-refractivity contribution in [3.8, 4) is 0 Å². The van der Waals surface area contributed by atoms with E-state index < -0.39 is 0 Å². The van der Waals surface area contributed by atoms with E-state index in [1.165, 1.54) is 0 Å². The first kappa shape index (κ1) is 30.6. The third kappa shape index (κ3) is 6.92. The molecule has 0 spiro atoms. The highest BCUT2D eigenvalue weighted by Crippen LogP contribution is 2.41. The number of benzene rings is 3. The molecular weight excluding hydrogens is 559 g/mol. The zero-order valence-corrected chi connectivity index (χ0v) is 24.9. The quantitative estimate of drug-likeness (QED) is 0.376. The van der Waals surface area contributed by atoms with E-state index in [9.17, 15) is 14.4 Å². The van der Waals surface area contributed by atoms with E-state index in [1.807, 2.05) is 54.0 Å². The van der Waals surface area contributed by atoms with E-state index in [0.717, 1.165) is 55.8 Å². The molecular formula is C32H36Cl2N4O3. The maximum absolute atomic E-state index is 13.9. The lowest BCUT2D eigenvalue weighted by Crippen LogP contribution is -2.46. The number of aryl methyl sites for hydroxylation is 1. The summed E-state index contributed by atoms with van der Waals surface area (Å²) in [6.07, 6.45) is 1.96. The van der Waals surface area contributed by atoms with Gasteiger partial charge in [0.25, 0.3) is 11.8 Å². The van der Waals surface area contributed by atoms with Gasteiger partial charge in [-0.2, -0.15) is 0 Å². The normalized spacial score (nSPS) is 18.5. The molecule has 1 saturated heterocycles. The molecule has 2 aliphatic rings. The number of carbonyl (C=O) groups excluding carboxylic acids is 3. The first-order valence-corrected chi connectivity index (χ1v) is 14.3. The second-order valence-corrected chi connectivity index (χ2v) is 11.1. The van der Waals surface area contributed by atoms with Gasteiger partial charge in [-0.25, -0.2) is 0 Å². The molecule has 9 heteroatoms. The molecule has 7 nitrogen and oxygen atoms in total. The van der Waals surface area contributed by atoms with Gasteiger partial charge >= 0.3 is 0 Å². The Kier molecular flexibility index (Phi) is 10.1. The maximum atomic E-state index is 13.9. The molecule has 2 heterocycles. The molecule has 2 aliphatic heterocycles. The second kappa shape index (κ2) is 13.5. The molecule has 0 radical (unpaired) electrons. The number of hydrogen-bond acceptors (Lipinski definition) is 4. The number of anilines is 2. The van der Waals surface area contributed by atoms with Gasteiger partial charge in [-0.05, 0) is 92.3 Å². The lowest BCUT2D eigenvalue weighted by Gasteiger charge is -2.30. The van der Waals surface area contributed by atoms with Gasteiger partial charge in [0.15, 0.2) is 0 Å². The van der Waals surface area contributed by atoms with Crippen LogP contribution in [0.4, 0.5) is 11.4 Å². The SMILES string of the molecule is Cc1ccccc1C(=O)Nc1ccc(C(=O)N2c3ccc(Cl)cc3C(CC(=O)N3CCNCC3)CCC2C)cc1.Cl. The average molecular weight is 596 g/mol. The van der Waals surface area contributed by atoms with Crippen LogP contribution in [0, 0.1) is 6.92 Å². The van der Waals surface area contributed by atoms with Gasteiger partial charge in [0, 0.05) is 66.2 Å². The first-order valence-electron chi connectivity index (χ1n) is 13.9. The fourth-order valence-electron chi connectivity index (χ4n) is 5.67. The highest BCUT2D eigenvalue weighted by Gasteiger charge is 2.33. The summed E-state index contributed by atoms with van der Waals surface area (Å²) in [5.74, 6) is -0.184. The minimum atomic E-state index is -0.189. The van der Waals surface area contributed by atoms with Crippen LogP contribution in [0.25, 0.3) is 0 Å². The molecule has 2 unspecified atom stereocenters. The summed E-state index contributed by atoms with van der Waals surface area (Å²) >= 11 is 6.43. The molecule has 216 valence electrons. The van der Waals surface area contributed by atoms with Crippen molar-refractivity contribution in [2.45, 2.75) is 45.1 Å². The molecule has 1 fully saturated rings. The van der Waals surface area contributed by atoms with E-state index in [1.54, 1.807) is 36.4 Å². The van der Waals surface area contributed by atoms with Crippen LogP contribution < -0.4 is 15.5 Å². The van der Waals surface area contributed by atoms with Crippen molar-refractivity contribution >= 4 is 53.1 Å². The van der Waals surface area contributed by atoms with E-state index in [2.05, 4.69) is 10.6 Å². The number of nitrogens with one attached hydrogen (secondary N) is 2. The van der Waals surface area contributed by atoms with Gasteiger partial charge in [-0.1, -0.05) is 29.8 Å². The van der Waals surface area contributed by atoms with E-state index in [-0.39, 0.29) is 42.1 Å². The number of amides is 3. The molecule has 3 aromatic carbocycles. The molecule has 0 bridgehead atoms. The Balaban J connectivity index is 0.00000387. The van der Waals surface area contributed by atoms with Crippen LogP contribution in [0.15, 0.2) is 66.7 Å². The van der Waals surface area contributed by atoms with Gasteiger partial charge in [-0.3, -0.25) is 14.4 Å². The Morgan fingerprint density at radius 3 is 2.39 bits per heavy atom. The topological polar surface area (TPSA) is 81.8 Å². The van der Waals surface area contributed by atoms with Gasteiger partial charge in [0.1, 0.15) is 0 Å². The van der Waals surface area contributed by atoms with Gasteiger partial charge in [0.05, 0.1) is 0 Å². The van der Waals surface area contributed by atoms with E-state index in [0.29, 0.717) is 28.3 Å². The van der Waals surface area contributed by atoms with Crippen LogP contribution in [0.2, 0.25) is 5.02 Å². The zero-order valence-electron chi connectivity index (χ0n) is 23.4. The van der Waals surface area contributed by atoms with Gasteiger partial charge in [-0.15, -0.1) is 12.4 Å².